The van der Waals surface area contributed by atoms with Crippen molar-refractivity contribution in [3.63, 3.8) is 0 Å². The van der Waals surface area contributed by atoms with Gasteiger partial charge < -0.3 is 14.4 Å². The first-order valence-electron chi connectivity index (χ1n) is 13.0. The molecule has 0 aliphatic carbocycles. The quantitative estimate of drug-likeness (QED) is 0.295. The van der Waals surface area contributed by atoms with Crippen molar-refractivity contribution in [3.8, 4) is 28.8 Å². The Kier molecular flexibility index (Phi) is 7.70. The maximum absolute atomic E-state index is 9.21. The van der Waals surface area contributed by atoms with Crippen molar-refractivity contribution < 1.29 is 9.47 Å². The molecule has 4 aromatic rings. The van der Waals surface area contributed by atoms with Gasteiger partial charge in [0.25, 0.3) is 0 Å². The summed E-state index contributed by atoms with van der Waals surface area (Å²) in [6.45, 7) is 2.79. The van der Waals surface area contributed by atoms with Crippen LogP contribution in [0.4, 0.5) is 11.4 Å². The Labute approximate surface area is 223 Å². The fraction of sp³-hybridized carbons (Fsp3) is 0.379. The number of aryl methyl sites for hydroxylation is 1. The monoisotopic (exact) mass is 511 g/mol. The average Bonchev–Trinajstić information content (AvgIpc) is 3.59. The number of hydrogen-bond acceptors (Lipinski definition) is 8. The summed E-state index contributed by atoms with van der Waals surface area (Å²) in [4.78, 5) is 14.3. The molecular weight excluding hydrogens is 478 g/mol. The molecule has 0 saturated carbocycles. The standard InChI is InChI=1S/C29H33N7O2/c1-34-20-21(18-32-34)29-19-31-27-8-7-23(16-28(27)33-29)36(24-14-25(37-2)17-26(15-24)38-3)13-5-12-35-11-4-6-22(35)9-10-30/h7-8,14-20,22H,4-6,9,11-13H2,1-3H3/t22-/m0/s1. The van der Waals surface area contributed by atoms with Gasteiger partial charge in [-0.1, -0.05) is 0 Å². The first-order chi connectivity index (χ1) is 18.6. The van der Waals surface area contributed by atoms with Crippen LogP contribution in [-0.2, 0) is 7.05 Å². The Morgan fingerprint density at radius 3 is 2.58 bits per heavy atom. The molecule has 1 fully saturated rings. The molecule has 1 saturated heterocycles. The van der Waals surface area contributed by atoms with Crippen LogP contribution in [0.25, 0.3) is 22.3 Å². The third kappa shape index (κ3) is 5.55. The van der Waals surface area contributed by atoms with Crippen molar-refractivity contribution in [2.45, 2.75) is 31.7 Å². The molecule has 9 heteroatoms. The highest BCUT2D eigenvalue weighted by atomic mass is 16.5. The summed E-state index contributed by atoms with van der Waals surface area (Å²) >= 11 is 0. The summed E-state index contributed by atoms with van der Waals surface area (Å²) in [6.07, 6.45) is 9.33. The van der Waals surface area contributed by atoms with Crippen molar-refractivity contribution in [2.24, 2.45) is 7.05 Å². The summed E-state index contributed by atoms with van der Waals surface area (Å²) < 4.78 is 12.9. The van der Waals surface area contributed by atoms with E-state index in [0.717, 1.165) is 84.1 Å². The van der Waals surface area contributed by atoms with Crippen molar-refractivity contribution >= 4 is 22.4 Å². The fourth-order valence-corrected chi connectivity index (χ4v) is 5.17. The Morgan fingerprint density at radius 2 is 1.87 bits per heavy atom. The first-order valence-corrected chi connectivity index (χ1v) is 13.0. The molecule has 2 aromatic heterocycles. The molecule has 0 unspecified atom stereocenters. The SMILES string of the molecule is COc1cc(OC)cc(N(CCCN2CCC[C@H]2CC#N)c2ccc3ncc(-c4cnn(C)c4)nc3c2)c1. The topological polar surface area (TPSA) is 92.3 Å². The van der Waals surface area contributed by atoms with E-state index < -0.39 is 0 Å². The minimum atomic E-state index is 0.368. The van der Waals surface area contributed by atoms with E-state index >= 15 is 0 Å². The van der Waals surface area contributed by atoms with Gasteiger partial charge in [0, 0.05) is 67.5 Å². The number of rotatable bonds is 10. The smallest absolute Gasteiger partial charge is 0.124 e. The van der Waals surface area contributed by atoms with Crippen LogP contribution in [0, 0.1) is 11.3 Å². The lowest BCUT2D eigenvalue weighted by atomic mass is 10.1. The third-order valence-electron chi connectivity index (χ3n) is 7.14. The largest absolute Gasteiger partial charge is 0.497 e. The molecule has 0 radical (unpaired) electrons. The number of anilines is 2. The molecule has 196 valence electrons. The molecule has 1 atom stereocenters. The van der Waals surface area contributed by atoms with Crippen LogP contribution >= 0.6 is 0 Å². The molecule has 0 amide bonds. The maximum Gasteiger partial charge on any atom is 0.124 e. The lowest BCUT2D eigenvalue weighted by molar-refractivity contribution is 0.255. The predicted molar refractivity (Wildman–Crippen MR) is 148 cm³/mol. The fourth-order valence-electron chi connectivity index (χ4n) is 5.17. The van der Waals surface area contributed by atoms with Crippen molar-refractivity contribution in [3.05, 3.63) is 55.0 Å². The van der Waals surface area contributed by atoms with Crippen molar-refractivity contribution in [1.82, 2.24) is 24.6 Å². The van der Waals surface area contributed by atoms with Crippen LogP contribution in [-0.4, -0.2) is 64.5 Å². The molecule has 1 aliphatic rings. The number of benzene rings is 2. The van der Waals surface area contributed by atoms with Crippen LogP contribution in [0.15, 0.2) is 55.0 Å². The van der Waals surface area contributed by atoms with Crippen LogP contribution in [0.3, 0.4) is 0 Å². The van der Waals surface area contributed by atoms with Gasteiger partial charge in [-0.3, -0.25) is 14.6 Å². The second-order valence-corrected chi connectivity index (χ2v) is 9.60. The van der Waals surface area contributed by atoms with E-state index in [1.807, 2.05) is 37.5 Å². The number of hydrogen-bond donors (Lipinski definition) is 0. The van der Waals surface area contributed by atoms with Gasteiger partial charge in [0.1, 0.15) is 11.5 Å². The summed E-state index contributed by atoms with van der Waals surface area (Å²) in [5.41, 5.74) is 5.36. The number of fused-ring (bicyclic) bond motifs is 1. The van der Waals surface area contributed by atoms with Crippen LogP contribution in [0.1, 0.15) is 25.7 Å². The van der Waals surface area contributed by atoms with E-state index in [2.05, 4.69) is 38.1 Å². The zero-order chi connectivity index (χ0) is 26.5. The molecule has 9 nitrogen and oxygen atoms in total. The number of nitriles is 1. The summed E-state index contributed by atoms with van der Waals surface area (Å²) in [5.74, 6) is 1.47. The van der Waals surface area contributed by atoms with E-state index in [-0.39, 0.29) is 0 Å². The molecule has 5 rings (SSSR count). The van der Waals surface area contributed by atoms with Crippen LogP contribution in [0.5, 0.6) is 11.5 Å². The van der Waals surface area contributed by atoms with Crippen LogP contribution in [0.2, 0.25) is 0 Å². The van der Waals surface area contributed by atoms with Gasteiger partial charge >= 0.3 is 0 Å². The Hall–Kier alpha value is -4.16. The van der Waals surface area contributed by atoms with Crippen molar-refractivity contribution in [1.29, 1.82) is 5.26 Å². The van der Waals surface area contributed by atoms with E-state index in [9.17, 15) is 5.26 Å². The zero-order valence-electron chi connectivity index (χ0n) is 22.2. The minimum absolute atomic E-state index is 0.368. The molecule has 0 bridgehead atoms. The number of aromatic nitrogens is 4. The average molecular weight is 512 g/mol. The Balaban J connectivity index is 1.47. The number of nitrogens with zero attached hydrogens (tertiary/aromatic N) is 7. The highest BCUT2D eigenvalue weighted by molar-refractivity contribution is 5.82. The zero-order valence-corrected chi connectivity index (χ0v) is 22.2. The predicted octanol–water partition coefficient (Wildman–Crippen LogP) is 4.95. The van der Waals surface area contributed by atoms with Gasteiger partial charge in [0.2, 0.25) is 0 Å². The van der Waals surface area contributed by atoms with E-state index in [1.165, 1.54) is 0 Å². The molecule has 3 heterocycles. The summed E-state index contributed by atoms with van der Waals surface area (Å²) in [7, 11) is 5.22. The normalized spacial score (nSPS) is 15.5. The van der Waals surface area contributed by atoms with Gasteiger partial charge in [0.15, 0.2) is 0 Å². The summed E-state index contributed by atoms with van der Waals surface area (Å²) in [5, 5.41) is 13.5. The molecular formula is C29H33N7O2. The summed E-state index contributed by atoms with van der Waals surface area (Å²) in [6, 6.07) is 14.8. The lowest BCUT2D eigenvalue weighted by Gasteiger charge is -2.28. The minimum Gasteiger partial charge on any atom is -0.497 e. The molecule has 0 spiro atoms. The molecule has 2 aromatic carbocycles. The number of likely N-dealkylation sites (tertiary alicyclic amines) is 1. The van der Waals surface area contributed by atoms with Gasteiger partial charge in [-0.25, -0.2) is 4.98 Å². The van der Waals surface area contributed by atoms with E-state index in [4.69, 9.17) is 14.5 Å². The number of ether oxygens (including phenoxy) is 2. The van der Waals surface area contributed by atoms with E-state index in [1.54, 1.807) is 31.3 Å². The third-order valence-corrected chi connectivity index (χ3v) is 7.14. The molecule has 0 N–H and O–H groups in total. The van der Waals surface area contributed by atoms with Crippen molar-refractivity contribution in [2.75, 3.05) is 38.8 Å². The second kappa shape index (κ2) is 11.5. The van der Waals surface area contributed by atoms with Gasteiger partial charge in [0.05, 0.1) is 55.8 Å². The molecule has 1 aliphatic heterocycles. The van der Waals surface area contributed by atoms with E-state index in [0.29, 0.717) is 12.5 Å². The number of methoxy groups -OCH3 is 2. The molecule has 38 heavy (non-hydrogen) atoms. The van der Waals surface area contributed by atoms with Gasteiger partial charge in [-0.15, -0.1) is 0 Å². The highest BCUT2D eigenvalue weighted by Crippen LogP contribution is 2.34. The highest BCUT2D eigenvalue weighted by Gasteiger charge is 2.24. The first kappa shape index (κ1) is 25.5. The Morgan fingerprint density at radius 1 is 1.05 bits per heavy atom. The van der Waals surface area contributed by atoms with Gasteiger partial charge in [-0.05, 0) is 44.0 Å². The lowest BCUT2D eigenvalue weighted by Crippen LogP contribution is -2.32. The van der Waals surface area contributed by atoms with Gasteiger partial charge in [-0.2, -0.15) is 10.4 Å². The second-order valence-electron chi connectivity index (χ2n) is 9.60. The van der Waals surface area contributed by atoms with Crippen LogP contribution < -0.4 is 14.4 Å². The Bertz CT molecular complexity index is 1420. The maximum atomic E-state index is 9.21.